The largest absolute Gasteiger partial charge is 0.369 e. The molecule has 4 rings (SSSR count). The minimum absolute atomic E-state index is 0.343. The van der Waals surface area contributed by atoms with E-state index in [2.05, 4.69) is 4.98 Å². The molecule has 0 fully saturated rings. The van der Waals surface area contributed by atoms with E-state index in [0.29, 0.717) is 16.5 Å². The lowest BCUT2D eigenvalue weighted by molar-refractivity contribution is 0.727. The first kappa shape index (κ1) is 15.4. The van der Waals surface area contributed by atoms with Crippen molar-refractivity contribution in [3.8, 4) is 22.8 Å². The van der Waals surface area contributed by atoms with Gasteiger partial charge in [-0.1, -0.05) is 60.1 Å². The Kier molecular flexibility index (Phi) is 3.96. The van der Waals surface area contributed by atoms with Gasteiger partial charge in [0.25, 0.3) is 0 Å². The predicted octanol–water partition coefficient (Wildman–Crippen LogP) is 4.34. The molecule has 0 saturated heterocycles. The van der Waals surface area contributed by atoms with E-state index in [1.807, 2.05) is 65.3 Å². The van der Waals surface area contributed by atoms with Crippen molar-refractivity contribution in [3.05, 3.63) is 100 Å². The Bertz CT molecular complexity index is 1050. The molecule has 0 aliphatic rings. The first-order chi connectivity index (χ1) is 12.2. The van der Waals surface area contributed by atoms with Crippen LogP contribution in [0.3, 0.4) is 0 Å². The van der Waals surface area contributed by atoms with E-state index in [9.17, 15) is 4.79 Å². The maximum absolute atomic E-state index is 12.7. The lowest BCUT2D eigenvalue weighted by Crippen LogP contribution is -2.21. The number of benzene rings is 3. The normalized spacial score (nSPS) is 10.8. The van der Waals surface area contributed by atoms with Crippen LogP contribution in [0.2, 0.25) is 5.02 Å². The fourth-order valence-corrected chi connectivity index (χ4v) is 2.88. The second-order valence-corrected chi connectivity index (χ2v) is 5.96. The van der Waals surface area contributed by atoms with Gasteiger partial charge in [0.05, 0.1) is 11.4 Å². The molecular weight excluding hydrogens is 334 g/mol. The molecule has 122 valence electrons. The molecule has 1 heterocycles. The summed E-state index contributed by atoms with van der Waals surface area (Å²) in [4.78, 5) is 17.0. The highest BCUT2D eigenvalue weighted by Crippen LogP contribution is 2.22. The third kappa shape index (κ3) is 2.88. The van der Waals surface area contributed by atoms with Gasteiger partial charge in [-0.25, -0.2) is 9.48 Å². The Labute approximate surface area is 149 Å². The molecule has 25 heavy (non-hydrogen) atoms. The van der Waals surface area contributed by atoms with E-state index >= 15 is 0 Å². The van der Waals surface area contributed by atoms with Crippen LogP contribution in [0.4, 0.5) is 0 Å². The van der Waals surface area contributed by atoms with E-state index in [1.165, 1.54) is 0 Å². The van der Waals surface area contributed by atoms with Gasteiger partial charge in [-0.15, -0.1) is 0 Å². The molecule has 0 aliphatic carbocycles. The monoisotopic (exact) mass is 347 g/mol. The molecule has 0 saturated carbocycles. The van der Waals surface area contributed by atoms with Crippen LogP contribution in [0.25, 0.3) is 22.8 Å². The number of rotatable bonds is 3. The van der Waals surface area contributed by atoms with Gasteiger partial charge in [0.15, 0.2) is 5.82 Å². The number of hydrogen-bond acceptors (Lipinski definition) is 2. The van der Waals surface area contributed by atoms with Crippen LogP contribution >= 0.6 is 11.6 Å². The van der Waals surface area contributed by atoms with Crippen molar-refractivity contribution >= 4 is 11.6 Å². The number of nitrogens with zero attached hydrogens (tertiary/aromatic N) is 3. The summed E-state index contributed by atoms with van der Waals surface area (Å²) in [5.74, 6) is 0.590. The third-order valence-corrected chi connectivity index (χ3v) is 4.14. The summed E-state index contributed by atoms with van der Waals surface area (Å²) in [5, 5.41) is 0.617. The minimum atomic E-state index is -0.343. The molecule has 0 amide bonds. The fourth-order valence-electron chi connectivity index (χ4n) is 2.75. The van der Waals surface area contributed by atoms with Gasteiger partial charge in [0.2, 0.25) is 0 Å². The zero-order chi connectivity index (χ0) is 17.2. The van der Waals surface area contributed by atoms with Crippen LogP contribution in [-0.4, -0.2) is 14.3 Å². The quantitative estimate of drug-likeness (QED) is 0.553. The average Bonchev–Trinajstić information content (AvgIpc) is 3.01. The van der Waals surface area contributed by atoms with Gasteiger partial charge >= 0.3 is 5.69 Å². The van der Waals surface area contributed by atoms with Crippen molar-refractivity contribution in [3.63, 3.8) is 0 Å². The van der Waals surface area contributed by atoms with Crippen LogP contribution in [0.15, 0.2) is 89.7 Å². The van der Waals surface area contributed by atoms with E-state index in [1.54, 1.807) is 28.9 Å². The average molecular weight is 348 g/mol. The summed E-state index contributed by atoms with van der Waals surface area (Å²) in [6.07, 6.45) is 0. The zero-order valence-electron chi connectivity index (χ0n) is 13.2. The molecule has 0 spiro atoms. The minimum Gasteiger partial charge on any atom is -0.244 e. The second-order valence-electron chi connectivity index (χ2n) is 5.52. The SMILES string of the molecule is O=c1nc(-c2ccccc2)n(-c2ccccc2)n1-c1ccc(Cl)cc1. The van der Waals surface area contributed by atoms with Crippen molar-refractivity contribution in [2.75, 3.05) is 0 Å². The molecule has 3 aromatic carbocycles. The molecule has 0 bridgehead atoms. The maximum atomic E-state index is 12.7. The highest BCUT2D eigenvalue weighted by Gasteiger charge is 2.17. The second kappa shape index (κ2) is 6.42. The van der Waals surface area contributed by atoms with E-state index in [0.717, 1.165) is 11.3 Å². The lowest BCUT2D eigenvalue weighted by atomic mass is 10.2. The van der Waals surface area contributed by atoms with Gasteiger partial charge in [0, 0.05) is 10.6 Å². The van der Waals surface area contributed by atoms with Gasteiger partial charge in [0.1, 0.15) is 0 Å². The Morgan fingerprint density at radius 3 is 1.88 bits per heavy atom. The number of hydrogen-bond donors (Lipinski definition) is 0. The summed E-state index contributed by atoms with van der Waals surface area (Å²) in [7, 11) is 0. The summed E-state index contributed by atoms with van der Waals surface area (Å²) < 4.78 is 3.37. The first-order valence-electron chi connectivity index (χ1n) is 7.83. The molecule has 0 atom stereocenters. The standard InChI is InChI=1S/C20H14ClN3O/c21-16-11-13-18(14-12-16)24-20(25)22-19(15-7-3-1-4-8-15)23(24)17-9-5-2-6-10-17/h1-14H. The third-order valence-electron chi connectivity index (χ3n) is 3.89. The topological polar surface area (TPSA) is 39.8 Å². The van der Waals surface area contributed by atoms with E-state index < -0.39 is 0 Å². The summed E-state index contributed by atoms with van der Waals surface area (Å²) >= 11 is 5.99. The van der Waals surface area contributed by atoms with Crippen LogP contribution in [0.1, 0.15) is 0 Å². The van der Waals surface area contributed by atoms with E-state index in [4.69, 9.17) is 11.6 Å². The van der Waals surface area contributed by atoms with Crippen molar-refractivity contribution in [1.29, 1.82) is 0 Å². The molecule has 4 aromatic rings. The molecule has 0 unspecified atom stereocenters. The van der Waals surface area contributed by atoms with Crippen LogP contribution in [0, 0.1) is 0 Å². The number of para-hydroxylation sites is 1. The Balaban J connectivity index is 2.03. The molecule has 0 radical (unpaired) electrons. The van der Waals surface area contributed by atoms with Gasteiger partial charge < -0.3 is 0 Å². The predicted molar refractivity (Wildman–Crippen MR) is 99.6 cm³/mol. The number of halogens is 1. The summed E-state index contributed by atoms with van der Waals surface area (Å²) in [6.45, 7) is 0. The smallest absolute Gasteiger partial charge is 0.244 e. The van der Waals surface area contributed by atoms with Crippen molar-refractivity contribution < 1.29 is 0 Å². The summed E-state index contributed by atoms with van der Waals surface area (Å²) in [5.41, 5.74) is 2.08. The lowest BCUT2D eigenvalue weighted by Gasteiger charge is -2.13. The van der Waals surface area contributed by atoms with Crippen molar-refractivity contribution in [2.45, 2.75) is 0 Å². The molecule has 0 aliphatic heterocycles. The number of aromatic nitrogens is 3. The molecule has 1 aromatic heterocycles. The van der Waals surface area contributed by atoms with Gasteiger partial charge in [-0.3, -0.25) is 0 Å². The van der Waals surface area contributed by atoms with Crippen molar-refractivity contribution in [1.82, 2.24) is 14.3 Å². The van der Waals surface area contributed by atoms with Crippen LogP contribution < -0.4 is 5.69 Å². The fraction of sp³-hybridized carbons (Fsp3) is 0. The Hall–Kier alpha value is -3.11. The molecule has 5 heteroatoms. The molecule has 0 N–H and O–H groups in total. The van der Waals surface area contributed by atoms with Gasteiger partial charge in [-0.05, 0) is 36.4 Å². The van der Waals surface area contributed by atoms with Crippen LogP contribution in [0.5, 0.6) is 0 Å². The van der Waals surface area contributed by atoms with Crippen LogP contribution in [-0.2, 0) is 0 Å². The molecule has 4 nitrogen and oxygen atoms in total. The highest BCUT2D eigenvalue weighted by molar-refractivity contribution is 6.30. The summed E-state index contributed by atoms with van der Waals surface area (Å²) in [6, 6.07) is 26.5. The first-order valence-corrected chi connectivity index (χ1v) is 8.21. The van der Waals surface area contributed by atoms with Gasteiger partial charge in [-0.2, -0.15) is 9.67 Å². The Morgan fingerprint density at radius 1 is 0.680 bits per heavy atom. The highest BCUT2D eigenvalue weighted by atomic mass is 35.5. The zero-order valence-corrected chi connectivity index (χ0v) is 14.0. The maximum Gasteiger partial charge on any atom is 0.369 e. The molecular formula is C20H14ClN3O. The van der Waals surface area contributed by atoms with Crippen molar-refractivity contribution in [2.24, 2.45) is 0 Å². The van der Waals surface area contributed by atoms with E-state index in [-0.39, 0.29) is 5.69 Å². The Morgan fingerprint density at radius 2 is 1.24 bits per heavy atom.